The number of anilines is 1. The SMILES string of the molecule is CC(C)SCCC[C@@H](C)N(c1cc(Cl)ccc1CO)S(=O)(=O)c1ccc(Cl)cc1. The lowest BCUT2D eigenvalue weighted by Crippen LogP contribution is -2.39. The molecule has 160 valence electrons. The van der Waals surface area contributed by atoms with E-state index in [1.165, 1.54) is 16.4 Å². The van der Waals surface area contributed by atoms with Crippen LogP contribution in [0.15, 0.2) is 47.4 Å². The van der Waals surface area contributed by atoms with Gasteiger partial charge in [0.2, 0.25) is 0 Å². The van der Waals surface area contributed by atoms with Crippen molar-refractivity contribution in [1.82, 2.24) is 0 Å². The molecule has 8 heteroatoms. The molecule has 0 amide bonds. The van der Waals surface area contributed by atoms with Crippen LogP contribution >= 0.6 is 35.0 Å². The molecule has 0 heterocycles. The minimum absolute atomic E-state index is 0.147. The summed E-state index contributed by atoms with van der Waals surface area (Å²) in [4.78, 5) is 0.147. The summed E-state index contributed by atoms with van der Waals surface area (Å²) in [7, 11) is -3.87. The van der Waals surface area contributed by atoms with Crippen LogP contribution in [0.4, 0.5) is 5.69 Å². The van der Waals surface area contributed by atoms with Gasteiger partial charge >= 0.3 is 0 Å². The Labute approximate surface area is 188 Å². The molecule has 0 aliphatic rings. The predicted octanol–water partition coefficient (Wildman–Crippen LogP) is 5.99. The van der Waals surface area contributed by atoms with Gasteiger partial charge in [-0.05, 0) is 67.2 Å². The van der Waals surface area contributed by atoms with Gasteiger partial charge in [-0.3, -0.25) is 4.31 Å². The van der Waals surface area contributed by atoms with Crippen LogP contribution in [0.1, 0.15) is 39.2 Å². The second kappa shape index (κ2) is 10.9. The van der Waals surface area contributed by atoms with Crippen molar-refractivity contribution in [3.05, 3.63) is 58.1 Å². The van der Waals surface area contributed by atoms with Gasteiger partial charge in [0.1, 0.15) is 0 Å². The molecule has 4 nitrogen and oxygen atoms in total. The van der Waals surface area contributed by atoms with Crippen LogP contribution in [0.3, 0.4) is 0 Å². The van der Waals surface area contributed by atoms with Crippen molar-refractivity contribution >= 4 is 50.7 Å². The molecule has 0 aliphatic heterocycles. The number of thioether (sulfide) groups is 1. The van der Waals surface area contributed by atoms with Gasteiger partial charge in [0, 0.05) is 21.7 Å². The van der Waals surface area contributed by atoms with Gasteiger partial charge in [-0.25, -0.2) is 8.42 Å². The predicted molar refractivity (Wildman–Crippen MR) is 125 cm³/mol. The minimum atomic E-state index is -3.87. The number of sulfonamides is 1. The van der Waals surface area contributed by atoms with Gasteiger partial charge in [0.05, 0.1) is 17.2 Å². The first kappa shape index (κ1) is 24.4. The number of hydrogen-bond acceptors (Lipinski definition) is 4. The van der Waals surface area contributed by atoms with Crippen molar-refractivity contribution in [2.45, 2.75) is 56.4 Å². The molecular formula is C21H27Cl2NO3S2. The number of nitrogens with zero attached hydrogens (tertiary/aromatic N) is 1. The van der Waals surface area contributed by atoms with E-state index in [0.717, 1.165) is 12.2 Å². The summed E-state index contributed by atoms with van der Waals surface area (Å²) in [5.41, 5.74) is 0.911. The molecule has 0 bridgehead atoms. The second-order valence-corrected chi connectivity index (χ2v) is 11.5. The fourth-order valence-electron chi connectivity index (χ4n) is 3.01. The van der Waals surface area contributed by atoms with Gasteiger partial charge < -0.3 is 5.11 Å². The molecule has 29 heavy (non-hydrogen) atoms. The van der Waals surface area contributed by atoms with E-state index < -0.39 is 10.0 Å². The smallest absolute Gasteiger partial charge is 0.264 e. The Balaban J connectivity index is 2.45. The molecule has 0 aliphatic carbocycles. The number of hydrogen-bond donors (Lipinski definition) is 1. The zero-order chi connectivity index (χ0) is 21.6. The van der Waals surface area contributed by atoms with Crippen molar-refractivity contribution in [1.29, 1.82) is 0 Å². The van der Waals surface area contributed by atoms with Crippen LogP contribution in [0.5, 0.6) is 0 Å². The van der Waals surface area contributed by atoms with Crippen molar-refractivity contribution in [2.75, 3.05) is 10.1 Å². The van der Waals surface area contributed by atoms with Crippen LogP contribution in [0, 0.1) is 0 Å². The van der Waals surface area contributed by atoms with E-state index in [2.05, 4.69) is 13.8 Å². The molecule has 1 N–H and O–H groups in total. The highest BCUT2D eigenvalue weighted by atomic mass is 35.5. The third-order valence-electron chi connectivity index (χ3n) is 4.44. The fraction of sp³-hybridized carbons (Fsp3) is 0.429. The van der Waals surface area contributed by atoms with E-state index in [4.69, 9.17) is 23.2 Å². The van der Waals surface area contributed by atoms with Gasteiger partial charge in [0.15, 0.2) is 0 Å². The molecule has 2 aromatic carbocycles. The van der Waals surface area contributed by atoms with Gasteiger partial charge in [0.25, 0.3) is 10.0 Å². The molecule has 2 aromatic rings. The van der Waals surface area contributed by atoms with Crippen LogP contribution in [-0.4, -0.2) is 30.6 Å². The average Bonchev–Trinajstić information content (AvgIpc) is 2.65. The summed E-state index contributed by atoms with van der Waals surface area (Å²) < 4.78 is 28.5. The summed E-state index contributed by atoms with van der Waals surface area (Å²) in [6, 6.07) is 10.7. The highest BCUT2D eigenvalue weighted by molar-refractivity contribution is 7.99. The molecule has 2 rings (SSSR count). The van der Waals surface area contributed by atoms with Crippen LogP contribution in [0.2, 0.25) is 10.0 Å². The molecule has 0 spiro atoms. The monoisotopic (exact) mass is 475 g/mol. The van der Waals surface area contributed by atoms with E-state index in [1.54, 1.807) is 30.3 Å². The number of aliphatic hydroxyl groups is 1. The Bertz CT molecular complexity index is 903. The molecule has 0 radical (unpaired) electrons. The maximum absolute atomic E-state index is 13.6. The van der Waals surface area contributed by atoms with Gasteiger partial charge in [-0.1, -0.05) is 43.1 Å². The molecule has 0 saturated heterocycles. The molecule has 0 aromatic heterocycles. The minimum Gasteiger partial charge on any atom is -0.392 e. The third-order valence-corrected chi connectivity index (χ3v) is 8.06. The zero-order valence-electron chi connectivity index (χ0n) is 16.8. The lowest BCUT2D eigenvalue weighted by Gasteiger charge is -2.32. The van der Waals surface area contributed by atoms with Crippen molar-refractivity contribution < 1.29 is 13.5 Å². The Morgan fingerprint density at radius 2 is 1.66 bits per heavy atom. The highest BCUT2D eigenvalue weighted by Gasteiger charge is 2.31. The Morgan fingerprint density at radius 3 is 2.24 bits per heavy atom. The first-order chi connectivity index (χ1) is 13.7. The van der Waals surface area contributed by atoms with E-state index in [-0.39, 0.29) is 17.5 Å². The van der Waals surface area contributed by atoms with Crippen molar-refractivity contribution in [3.8, 4) is 0 Å². The Kier molecular flexibility index (Phi) is 9.16. The largest absolute Gasteiger partial charge is 0.392 e. The Morgan fingerprint density at radius 1 is 1.03 bits per heavy atom. The summed E-state index contributed by atoms with van der Waals surface area (Å²) in [5.74, 6) is 0.958. The summed E-state index contributed by atoms with van der Waals surface area (Å²) in [6.07, 6.45) is 1.57. The number of halogens is 2. The quantitative estimate of drug-likeness (QED) is 0.428. The maximum Gasteiger partial charge on any atom is 0.264 e. The zero-order valence-corrected chi connectivity index (χ0v) is 20.0. The summed E-state index contributed by atoms with van der Waals surface area (Å²) >= 11 is 14.0. The standard InChI is InChI=1S/C21H27Cl2NO3S2/c1-15(2)28-12-4-5-16(3)24(21-13-19(23)7-6-17(21)14-25)29(26,27)20-10-8-18(22)9-11-20/h6-11,13,15-16,25H,4-5,12,14H2,1-3H3/t16-/m1/s1. The molecule has 0 unspecified atom stereocenters. The third kappa shape index (κ3) is 6.53. The normalized spacial score (nSPS) is 12.9. The van der Waals surface area contributed by atoms with Crippen LogP contribution in [0.25, 0.3) is 0 Å². The average molecular weight is 476 g/mol. The van der Waals surface area contributed by atoms with Crippen LogP contribution in [-0.2, 0) is 16.6 Å². The van der Waals surface area contributed by atoms with Gasteiger partial charge in [-0.2, -0.15) is 11.8 Å². The first-order valence-corrected chi connectivity index (χ1v) is 12.7. The van der Waals surface area contributed by atoms with Crippen LogP contribution < -0.4 is 4.31 Å². The molecular weight excluding hydrogens is 449 g/mol. The molecule has 0 fully saturated rings. The lowest BCUT2D eigenvalue weighted by atomic mass is 10.1. The van der Waals surface area contributed by atoms with Crippen molar-refractivity contribution in [2.24, 2.45) is 0 Å². The van der Waals surface area contributed by atoms with E-state index >= 15 is 0 Å². The fourth-order valence-corrected chi connectivity index (χ4v) is 5.83. The second-order valence-electron chi connectivity index (χ2n) is 7.10. The molecule has 0 saturated carbocycles. The lowest BCUT2D eigenvalue weighted by molar-refractivity contribution is 0.282. The number of rotatable bonds is 10. The highest BCUT2D eigenvalue weighted by Crippen LogP contribution is 2.33. The Hall–Kier alpha value is -0.920. The van der Waals surface area contributed by atoms with Crippen molar-refractivity contribution in [3.63, 3.8) is 0 Å². The van der Waals surface area contributed by atoms with E-state index in [1.807, 2.05) is 18.7 Å². The number of benzene rings is 2. The number of aliphatic hydroxyl groups excluding tert-OH is 1. The maximum atomic E-state index is 13.6. The molecule has 1 atom stereocenters. The summed E-state index contributed by atoms with van der Waals surface area (Å²) in [5, 5.41) is 11.2. The topological polar surface area (TPSA) is 57.6 Å². The first-order valence-electron chi connectivity index (χ1n) is 9.47. The van der Waals surface area contributed by atoms with E-state index in [9.17, 15) is 13.5 Å². The van der Waals surface area contributed by atoms with E-state index in [0.29, 0.717) is 33.0 Å². The van der Waals surface area contributed by atoms with Gasteiger partial charge in [-0.15, -0.1) is 0 Å². The summed E-state index contributed by atoms with van der Waals surface area (Å²) in [6.45, 7) is 5.89.